The first-order valence-electron chi connectivity index (χ1n) is 4.72. The summed E-state index contributed by atoms with van der Waals surface area (Å²) in [7, 11) is -3.08. The van der Waals surface area contributed by atoms with E-state index in [2.05, 4.69) is 5.16 Å². The van der Waals surface area contributed by atoms with Gasteiger partial charge < -0.3 is 14.3 Å². The standard InChI is InChI=1S/C8H18NO4P/c1-3-6-12-14(11,8-5-9-10)13-7-4-2/h5,10H,3-4,6-8H2,1-2H3. The van der Waals surface area contributed by atoms with Crippen LogP contribution in [0.3, 0.4) is 0 Å². The molecular formula is C8H18NO4P. The van der Waals surface area contributed by atoms with Crippen LogP contribution >= 0.6 is 7.60 Å². The monoisotopic (exact) mass is 223 g/mol. The van der Waals surface area contributed by atoms with Gasteiger partial charge in [-0.25, -0.2) is 0 Å². The van der Waals surface area contributed by atoms with Gasteiger partial charge in [-0.2, -0.15) is 0 Å². The molecule has 6 heteroatoms. The predicted octanol–water partition coefficient (Wildman–Crippen LogP) is 2.49. The molecular weight excluding hydrogens is 205 g/mol. The molecule has 0 fully saturated rings. The van der Waals surface area contributed by atoms with Gasteiger partial charge in [-0.1, -0.05) is 13.8 Å². The van der Waals surface area contributed by atoms with Gasteiger partial charge in [0.15, 0.2) is 0 Å². The number of rotatable bonds is 8. The fraction of sp³-hybridized carbons (Fsp3) is 0.875. The van der Waals surface area contributed by atoms with Crippen LogP contribution in [-0.2, 0) is 13.6 Å². The minimum atomic E-state index is -3.08. The molecule has 0 bridgehead atoms. The van der Waals surface area contributed by atoms with E-state index in [1.807, 2.05) is 13.8 Å². The van der Waals surface area contributed by atoms with E-state index in [4.69, 9.17) is 14.3 Å². The Morgan fingerprint density at radius 3 is 2.14 bits per heavy atom. The minimum Gasteiger partial charge on any atom is -0.411 e. The quantitative estimate of drug-likeness (QED) is 0.297. The van der Waals surface area contributed by atoms with Crippen molar-refractivity contribution in [3.63, 3.8) is 0 Å². The lowest BCUT2D eigenvalue weighted by atomic mass is 10.5. The largest absolute Gasteiger partial charge is 0.411 e. The van der Waals surface area contributed by atoms with Crippen LogP contribution in [0, 0.1) is 0 Å². The van der Waals surface area contributed by atoms with Crippen LogP contribution in [0.25, 0.3) is 0 Å². The van der Waals surface area contributed by atoms with Gasteiger partial charge in [0.2, 0.25) is 0 Å². The van der Waals surface area contributed by atoms with Crippen molar-refractivity contribution in [3.05, 3.63) is 0 Å². The Kier molecular flexibility index (Phi) is 7.76. The van der Waals surface area contributed by atoms with Crippen LogP contribution in [0.1, 0.15) is 26.7 Å². The number of oxime groups is 1. The highest BCUT2D eigenvalue weighted by Gasteiger charge is 2.22. The molecule has 0 saturated carbocycles. The fourth-order valence-electron chi connectivity index (χ4n) is 0.740. The molecule has 0 radical (unpaired) electrons. The van der Waals surface area contributed by atoms with Gasteiger partial charge in [0.1, 0.15) is 0 Å². The van der Waals surface area contributed by atoms with E-state index in [0.717, 1.165) is 19.1 Å². The van der Waals surface area contributed by atoms with E-state index in [9.17, 15) is 4.57 Å². The zero-order valence-corrected chi connectivity index (χ0v) is 9.57. The molecule has 0 heterocycles. The Hall–Kier alpha value is -0.380. The van der Waals surface area contributed by atoms with Crippen LogP contribution in [0.5, 0.6) is 0 Å². The summed E-state index contributed by atoms with van der Waals surface area (Å²) in [6.07, 6.45) is 2.70. The van der Waals surface area contributed by atoms with Crippen molar-refractivity contribution in [2.24, 2.45) is 5.16 Å². The predicted molar refractivity (Wildman–Crippen MR) is 55.2 cm³/mol. The number of nitrogens with zero attached hydrogens (tertiary/aromatic N) is 1. The summed E-state index contributed by atoms with van der Waals surface area (Å²) in [5.41, 5.74) is 0. The maximum atomic E-state index is 11.8. The summed E-state index contributed by atoms with van der Waals surface area (Å²) in [4.78, 5) is 0. The molecule has 0 spiro atoms. The summed E-state index contributed by atoms with van der Waals surface area (Å²) in [6, 6.07) is 0. The zero-order valence-electron chi connectivity index (χ0n) is 8.68. The first-order chi connectivity index (χ1) is 6.68. The molecule has 0 aliphatic heterocycles. The van der Waals surface area contributed by atoms with Gasteiger partial charge in [-0.3, -0.25) is 4.57 Å². The molecule has 1 N–H and O–H groups in total. The van der Waals surface area contributed by atoms with Crippen LogP contribution in [0.2, 0.25) is 0 Å². The van der Waals surface area contributed by atoms with Crippen molar-refractivity contribution in [2.75, 3.05) is 19.4 Å². The Bertz CT molecular complexity index is 196. The van der Waals surface area contributed by atoms with Crippen LogP contribution in [0.15, 0.2) is 5.16 Å². The van der Waals surface area contributed by atoms with Crippen molar-refractivity contribution < 1.29 is 18.8 Å². The van der Waals surface area contributed by atoms with E-state index >= 15 is 0 Å². The molecule has 0 aromatic carbocycles. The maximum absolute atomic E-state index is 11.8. The lowest BCUT2D eigenvalue weighted by Crippen LogP contribution is -2.02. The van der Waals surface area contributed by atoms with Gasteiger partial charge in [-0.05, 0) is 12.8 Å². The second-order valence-corrected chi connectivity index (χ2v) is 4.86. The van der Waals surface area contributed by atoms with E-state index in [0.29, 0.717) is 13.2 Å². The van der Waals surface area contributed by atoms with Crippen molar-refractivity contribution in [1.29, 1.82) is 0 Å². The molecule has 0 amide bonds. The third kappa shape index (κ3) is 6.13. The SMILES string of the molecule is CCCOP(=O)(CC=NO)OCCC. The highest BCUT2D eigenvalue weighted by Crippen LogP contribution is 2.47. The Morgan fingerprint density at radius 2 is 1.79 bits per heavy atom. The molecule has 0 aliphatic rings. The second kappa shape index (κ2) is 7.97. The molecule has 0 rings (SSSR count). The van der Waals surface area contributed by atoms with Crippen LogP contribution in [-0.4, -0.2) is 30.8 Å². The molecule has 14 heavy (non-hydrogen) atoms. The summed E-state index contributed by atoms with van der Waals surface area (Å²) >= 11 is 0. The van der Waals surface area contributed by atoms with E-state index in [-0.39, 0.29) is 6.16 Å². The molecule has 5 nitrogen and oxygen atoms in total. The molecule has 0 aromatic heterocycles. The molecule has 0 unspecified atom stereocenters. The van der Waals surface area contributed by atoms with Crippen molar-refractivity contribution in [2.45, 2.75) is 26.7 Å². The minimum absolute atomic E-state index is 0.0174. The van der Waals surface area contributed by atoms with Crippen molar-refractivity contribution in [1.82, 2.24) is 0 Å². The average molecular weight is 223 g/mol. The normalized spacial score (nSPS) is 12.4. The molecule has 0 aliphatic carbocycles. The van der Waals surface area contributed by atoms with Gasteiger partial charge in [-0.15, -0.1) is 5.16 Å². The van der Waals surface area contributed by atoms with Gasteiger partial charge >= 0.3 is 7.60 Å². The highest BCUT2D eigenvalue weighted by molar-refractivity contribution is 7.54. The summed E-state index contributed by atoms with van der Waals surface area (Å²) in [5, 5.41) is 11.0. The Morgan fingerprint density at radius 1 is 1.29 bits per heavy atom. The smallest absolute Gasteiger partial charge is 0.336 e. The molecule has 84 valence electrons. The summed E-state index contributed by atoms with van der Waals surface area (Å²) in [5.74, 6) is 0. The van der Waals surface area contributed by atoms with Crippen LogP contribution in [0.4, 0.5) is 0 Å². The zero-order chi connectivity index (χ0) is 10.9. The molecule has 0 atom stereocenters. The third-order valence-corrected chi connectivity index (χ3v) is 3.13. The Balaban J connectivity index is 4.10. The van der Waals surface area contributed by atoms with E-state index in [1.165, 1.54) is 0 Å². The van der Waals surface area contributed by atoms with E-state index < -0.39 is 7.60 Å². The number of hydrogen-bond acceptors (Lipinski definition) is 5. The number of hydrogen-bond donors (Lipinski definition) is 1. The maximum Gasteiger partial charge on any atom is 0.336 e. The van der Waals surface area contributed by atoms with Gasteiger partial charge in [0.05, 0.1) is 25.6 Å². The molecule has 0 saturated heterocycles. The lowest BCUT2D eigenvalue weighted by molar-refractivity contribution is 0.207. The van der Waals surface area contributed by atoms with Gasteiger partial charge in [0.25, 0.3) is 0 Å². The summed E-state index contributed by atoms with van der Waals surface area (Å²) in [6.45, 7) is 4.62. The van der Waals surface area contributed by atoms with Crippen molar-refractivity contribution >= 4 is 13.8 Å². The van der Waals surface area contributed by atoms with Crippen molar-refractivity contribution in [3.8, 4) is 0 Å². The first-order valence-corrected chi connectivity index (χ1v) is 6.45. The summed E-state index contributed by atoms with van der Waals surface area (Å²) < 4.78 is 22.1. The van der Waals surface area contributed by atoms with E-state index in [1.54, 1.807) is 0 Å². The highest BCUT2D eigenvalue weighted by atomic mass is 31.2. The average Bonchev–Trinajstić information content (AvgIpc) is 2.21. The Labute approximate surface area is 84.6 Å². The topological polar surface area (TPSA) is 68.1 Å². The van der Waals surface area contributed by atoms with Crippen LogP contribution < -0.4 is 0 Å². The first kappa shape index (κ1) is 13.6. The van der Waals surface area contributed by atoms with Gasteiger partial charge in [0, 0.05) is 0 Å². The second-order valence-electron chi connectivity index (χ2n) is 2.76. The fourth-order valence-corrected chi connectivity index (χ4v) is 2.22. The third-order valence-electron chi connectivity index (χ3n) is 1.37. The molecule has 0 aromatic rings. The lowest BCUT2D eigenvalue weighted by Gasteiger charge is -2.15.